The highest BCUT2D eigenvalue weighted by Gasteiger charge is 2.20. The SMILES string of the molecule is COC(=O)c1c(NC(=O)Cn2nc(C(F)F)cc2C)cnn1C. The van der Waals surface area contributed by atoms with Gasteiger partial charge >= 0.3 is 5.97 Å². The molecule has 0 aliphatic heterocycles. The van der Waals surface area contributed by atoms with E-state index >= 15 is 0 Å². The lowest BCUT2D eigenvalue weighted by Crippen LogP contribution is -2.22. The average molecular weight is 327 g/mol. The van der Waals surface area contributed by atoms with E-state index in [1.165, 1.54) is 31.1 Å². The molecule has 0 aliphatic carbocycles. The van der Waals surface area contributed by atoms with Crippen LogP contribution in [0.15, 0.2) is 12.3 Å². The first-order valence-corrected chi connectivity index (χ1v) is 6.56. The van der Waals surface area contributed by atoms with E-state index < -0.39 is 24.0 Å². The molecular formula is C13H15F2N5O3. The molecule has 2 aromatic heterocycles. The van der Waals surface area contributed by atoms with Crippen LogP contribution in [-0.4, -0.2) is 38.5 Å². The van der Waals surface area contributed by atoms with Crippen molar-refractivity contribution in [3.63, 3.8) is 0 Å². The molecule has 0 unspecified atom stereocenters. The van der Waals surface area contributed by atoms with Gasteiger partial charge in [-0.25, -0.2) is 13.6 Å². The fraction of sp³-hybridized carbons (Fsp3) is 0.385. The summed E-state index contributed by atoms with van der Waals surface area (Å²) in [5, 5.41) is 10.0. The molecule has 0 bridgehead atoms. The van der Waals surface area contributed by atoms with Gasteiger partial charge in [-0.15, -0.1) is 0 Å². The van der Waals surface area contributed by atoms with E-state index in [1.54, 1.807) is 6.92 Å². The van der Waals surface area contributed by atoms with E-state index in [2.05, 4.69) is 20.3 Å². The first-order valence-electron chi connectivity index (χ1n) is 6.56. The fourth-order valence-corrected chi connectivity index (χ4v) is 2.00. The lowest BCUT2D eigenvalue weighted by atomic mass is 10.3. The number of nitrogens with zero attached hydrogens (tertiary/aromatic N) is 4. The predicted octanol–water partition coefficient (Wildman–Crippen LogP) is 1.29. The van der Waals surface area contributed by atoms with Gasteiger partial charge in [0.05, 0.1) is 19.0 Å². The Morgan fingerprint density at radius 3 is 2.70 bits per heavy atom. The van der Waals surface area contributed by atoms with Gasteiger partial charge in [-0.05, 0) is 13.0 Å². The minimum atomic E-state index is -2.71. The largest absolute Gasteiger partial charge is 0.464 e. The van der Waals surface area contributed by atoms with Crippen LogP contribution in [0.1, 0.15) is 28.3 Å². The average Bonchev–Trinajstić information content (AvgIpc) is 3.02. The first-order chi connectivity index (χ1) is 10.8. The molecule has 0 saturated heterocycles. The van der Waals surface area contributed by atoms with Gasteiger partial charge in [-0.2, -0.15) is 10.2 Å². The van der Waals surface area contributed by atoms with Crippen LogP contribution in [0, 0.1) is 6.92 Å². The van der Waals surface area contributed by atoms with Crippen molar-refractivity contribution in [3.05, 3.63) is 29.3 Å². The summed E-state index contributed by atoms with van der Waals surface area (Å²) in [5.74, 6) is -1.19. The quantitative estimate of drug-likeness (QED) is 0.836. The molecule has 2 aromatic rings. The van der Waals surface area contributed by atoms with Crippen LogP contribution >= 0.6 is 0 Å². The number of carbonyl (C=O) groups excluding carboxylic acids is 2. The standard InChI is InChI=1S/C13H15F2N5O3/c1-7-4-8(12(14)15)18-20(7)6-10(21)17-9-5-16-19(2)11(9)13(22)23-3/h4-5,12H,6H2,1-3H3,(H,17,21). The van der Waals surface area contributed by atoms with Crippen LogP contribution in [0.25, 0.3) is 0 Å². The van der Waals surface area contributed by atoms with Crippen LogP contribution in [-0.2, 0) is 23.1 Å². The molecule has 0 saturated carbocycles. The summed E-state index contributed by atoms with van der Waals surface area (Å²) < 4.78 is 32.2. The number of halogens is 2. The smallest absolute Gasteiger partial charge is 0.358 e. The van der Waals surface area contributed by atoms with Crippen molar-refractivity contribution >= 4 is 17.6 Å². The van der Waals surface area contributed by atoms with Gasteiger partial charge in [0.1, 0.15) is 12.2 Å². The number of amides is 1. The second kappa shape index (κ2) is 6.55. The molecule has 2 rings (SSSR count). The number of esters is 1. The Balaban J connectivity index is 2.13. The Morgan fingerprint density at radius 1 is 1.43 bits per heavy atom. The van der Waals surface area contributed by atoms with Gasteiger partial charge in [0.25, 0.3) is 6.43 Å². The zero-order valence-corrected chi connectivity index (χ0v) is 12.7. The molecule has 0 aromatic carbocycles. The first kappa shape index (κ1) is 16.6. The zero-order valence-electron chi connectivity index (χ0n) is 12.7. The molecule has 0 spiro atoms. The number of alkyl halides is 2. The number of methoxy groups -OCH3 is 1. The highest BCUT2D eigenvalue weighted by Crippen LogP contribution is 2.18. The summed E-state index contributed by atoms with van der Waals surface area (Å²) in [6.07, 6.45) is -1.41. The third kappa shape index (κ3) is 3.52. The molecule has 0 fully saturated rings. The molecule has 0 aliphatic rings. The molecule has 10 heteroatoms. The van der Waals surface area contributed by atoms with Crippen LogP contribution in [0.3, 0.4) is 0 Å². The minimum Gasteiger partial charge on any atom is -0.464 e. The monoisotopic (exact) mass is 327 g/mol. The van der Waals surface area contributed by atoms with Crippen molar-refractivity contribution < 1.29 is 23.1 Å². The van der Waals surface area contributed by atoms with Crippen LogP contribution in [0.4, 0.5) is 14.5 Å². The van der Waals surface area contributed by atoms with Crippen molar-refractivity contribution in [3.8, 4) is 0 Å². The van der Waals surface area contributed by atoms with Crippen LogP contribution in [0.2, 0.25) is 0 Å². The molecule has 1 N–H and O–H groups in total. The van der Waals surface area contributed by atoms with Gasteiger partial charge in [0, 0.05) is 12.7 Å². The zero-order chi connectivity index (χ0) is 17.1. The number of aromatic nitrogens is 4. The number of nitrogens with one attached hydrogen (secondary N) is 1. The summed E-state index contributed by atoms with van der Waals surface area (Å²) in [7, 11) is 2.73. The second-order valence-corrected chi connectivity index (χ2v) is 4.74. The number of hydrogen-bond donors (Lipinski definition) is 1. The van der Waals surface area contributed by atoms with E-state index in [-0.39, 0.29) is 17.9 Å². The van der Waals surface area contributed by atoms with Gasteiger partial charge < -0.3 is 10.1 Å². The Morgan fingerprint density at radius 2 is 2.13 bits per heavy atom. The summed E-state index contributed by atoms with van der Waals surface area (Å²) in [6.45, 7) is 1.30. The van der Waals surface area contributed by atoms with Gasteiger partial charge in [-0.3, -0.25) is 14.2 Å². The molecular weight excluding hydrogens is 312 g/mol. The highest BCUT2D eigenvalue weighted by atomic mass is 19.3. The van der Waals surface area contributed by atoms with Crippen molar-refractivity contribution in [2.75, 3.05) is 12.4 Å². The lowest BCUT2D eigenvalue weighted by molar-refractivity contribution is -0.117. The molecule has 124 valence electrons. The van der Waals surface area contributed by atoms with Gasteiger partial charge in [0.2, 0.25) is 5.91 Å². The second-order valence-electron chi connectivity index (χ2n) is 4.74. The molecule has 23 heavy (non-hydrogen) atoms. The van der Waals surface area contributed by atoms with Crippen LogP contribution in [0.5, 0.6) is 0 Å². The van der Waals surface area contributed by atoms with E-state index in [0.717, 1.165) is 4.68 Å². The lowest BCUT2D eigenvalue weighted by Gasteiger charge is -2.07. The Hall–Kier alpha value is -2.78. The number of anilines is 1. The van der Waals surface area contributed by atoms with Crippen molar-refractivity contribution in [1.82, 2.24) is 19.6 Å². The van der Waals surface area contributed by atoms with Crippen LogP contribution < -0.4 is 5.32 Å². The Kier molecular flexibility index (Phi) is 4.72. The minimum absolute atomic E-state index is 0.0753. The Labute approximate surface area is 130 Å². The molecule has 2 heterocycles. The summed E-state index contributed by atoms with van der Waals surface area (Å²) >= 11 is 0. The maximum atomic E-state index is 12.6. The van der Waals surface area contributed by atoms with E-state index in [4.69, 9.17) is 0 Å². The Bertz CT molecular complexity index is 738. The normalized spacial score (nSPS) is 10.9. The maximum absolute atomic E-state index is 12.6. The molecule has 8 nitrogen and oxygen atoms in total. The number of hydrogen-bond acceptors (Lipinski definition) is 5. The third-order valence-electron chi connectivity index (χ3n) is 3.11. The number of carbonyl (C=O) groups is 2. The summed E-state index contributed by atoms with van der Waals surface area (Å²) in [4.78, 5) is 23.7. The van der Waals surface area contributed by atoms with Crippen molar-refractivity contribution in [2.45, 2.75) is 19.9 Å². The molecule has 0 atom stereocenters. The van der Waals surface area contributed by atoms with Gasteiger partial charge in [0.15, 0.2) is 5.69 Å². The fourth-order valence-electron chi connectivity index (χ4n) is 2.00. The summed E-state index contributed by atoms with van der Waals surface area (Å²) in [5.41, 5.74) is 0.274. The van der Waals surface area contributed by atoms with Crippen molar-refractivity contribution in [2.24, 2.45) is 7.05 Å². The maximum Gasteiger partial charge on any atom is 0.358 e. The van der Waals surface area contributed by atoms with Gasteiger partial charge in [-0.1, -0.05) is 0 Å². The van der Waals surface area contributed by atoms with E-state index in [9.17, 15) is 18.4 Å². The number of ether oxygens (including phenoxy) is 1. The number of rotatable bonds is 5. The summed E-state index contributed by atoms with van der Waals surface area (Å²) in [6, 6.07) is 1.21. The van der Waals surface area contributed by atoms with E-state index in [0.29, 0.717) is 5.69 Å². The third-order valence-corrected chi connectivity index (χ3v) is 3.11. The number of aryl methyl sites for hydroxylation is 2. The molecule has 0 radical (unpaired) electrons. The predicted molar refractivity (Wildman–Crippen MR) is 75.1 cm³/mol. The van der Waals surface area contributed by atoms with E-state index in [1.807, 2.05) is 0 Å². The molecule has 1 amide bonds. The van der Waals surface area contributed by atoms with Crippen molar-refractivity contribution in [1.29, 1.82) is 0 Å². The highest BCUT2D eigenvalue weighted by molar-refractivity contribution is 5.99. The topological polar surface area (TPSA) is 91.0 Å².